The Balaban J connectivity index is 1.48. The molecule has 3 fully saturated rings. The maximum absolute atomic E-state index is 13.1. The molecule has 0 spiro atoms. The fraction of sp³-hybridized carbons (Fsp3) is 0.407. The minimum absolute atomic E-state index is 0.00561. The van der Waals surface area contributed by atoms with E-state index >= 15 is 0 Å². The lowest BCUT2D eigenvalue weighted by Crippen LogP contribution is -2.21. The lowest BCUT2D eigenvalue weighted by Gasteiger charge is -2.35. The number of nitro benzene ring substituents is 1. The van der Waals surface area contributed by atoms with Crippen LogP contribution in [0.3, 0.4) is 0 Å². The minimum Gasteiger partial charge on any atom is -0.321 e. The highest BCUT2D eigenvalue weighted by molar-refractivity contribution is 6.04. The molecule has 3 aliphatic rings. The fourth-order valence-corrected chi connectivity index (χ4v) is 5.82. The smallest absolute Gasteiger partial charge is 0.274 e. The Bertz CT molecular complexity index is 1150. The van der Waals surface area contributed by atoms with E-state index in [1.807, 2.05) is 24.3 Å². The third-order valence-corrected chi connectivity index (χ3v) is 7.44. The predicted octanol–water partition coefficient (Wildman–Crippen LogP) is 6.86. The van der Waals surface area contributed by atoms with Gasteiger partial charge in [-0.05, 0) is 60.4 Å². The second-order valence-electron chi connectivity index (χ2n) is 9.63. The monoisotopic (exact) mass is 443 g/mol. The molecule has 2 bridgehead atoms. The Kier molecular flexibility index (Phi) is 6.07. The standard InChI is InChI=1S/C27H29N3O3/c31-27(28-21-11-13-22(14-12-21)30(32)33)26-17-24(23-9-1-2-10-25(23)29-26)20-15-18-5-3-6-19(16-20)8-4-7-18/h1-2,9-14,17-20H,3-8,15-16H2,(H,28,31). The number of pyridine rings is 1. The van der Waals surface area contributed by atoms with Gasteiger partial charge in [0, 0.05) is 23.2 Å². The Labute approximate surface area is 193 Å². The first kappa shape index (κ1) is 21.6. The Morgan fingerprint density at radius 1 is 0.939 bits per heavy atom. The van der Waals surface area contributed by atoms with Crippen molar-refractivity contribution >= 4 is 28.2 Å². The number of carbonyl (C=O) groups is 1. The molecule has 33 heavy (non-hydrogen) atoms. The molecule has 3 aromatic rings. The van der Waals surface area contributed by atoms with Crippen LogP contribution in [0.4, 0.5) is 11.4 Å². The van der Waals surface area contributed by atoms with Gasteiger partial charge >= 0.3 is 0 Å². The lowest BCUT2D eigenvalue weighted by molar-refractivity contribution is -0.384. The number of hydrogen-bond donors (Lipinski definition) is 1. The van der Waals surface area contributed by atoms with E-state index in [1.165, 1.54) is 69.1 Å². The van der Waals surface area contributed by atoms with Gasteiger partial charge < -0.3 is 5.32 Å². The molecule has 0 saturated heterocycles. The van der Waals surface area contributed by atoms with Crippen LogP contribution >= 0.6 is 0 Å². The zero-order valence-electron chi connectivity index (χ0n) is 18.7. The average Bonchev–Trinajstić information content (AvgIpc) is 2.77. The molecular formula is C27H29N3O3. The summed E-state index contributed by atoms with van der Waals surface area (Å²) < 4.78 is 0. The summed E-state index contributed by atoms with van der Waals surface area (Å²) in [6.45, 7) is 0. The van der Waals surface area contributed by atoms with Crippen LogP contribution in [0.25, 0.3) is 10.9 Å². The van der Waals surface area contributed by atoms with Gasteiger partial charge in [-0.15, -0.1) is 0 Å². The summed E-state index contributed by atoms with van der Waals surface area (Å²) >= 11 is 0. The molecule has 1 aromatic heterocycles. The molecule has 3 saturated carbocycles. The number of nitro groups is 1. The van der Waals surface area contributed by atoms with E-state index in [2.05, 4.69) is 16.4 Å². The van der Waals surface area contributed by atoms with Crippen LogP contribution < -0.4 is 5.32 Å². The number of nitrogens with zero attached hydrogens (tertiary/aromatic N) is 2. The van der Waals surface area contributed by atoms with E-state index in [1.54, 1.807) is 12.1 Å². The Hall–Kier alpha value is -3.28. The van der Waals surface area contributed by atoms with Crippen LogP contribution in [0, 0.1) is 22.0 Å². The number of non-ortho nitro benzene ring substituents is 1. The van der Waals surface area contributed by atoms with Crippen molar-refractivity contribution in [1.29, 1.82) is 0 Å². The van der Waals surface area contributed by atoms with Crippen LogP contribution in [-0.2, 0) is 0 Å². The SMILES string of the molecule is O=C(Nc1ccc([N+](=O)[O-])cc1)c1cc(C2CC3CCCC(CCC3)C2)c2ccccc2n1. The highest BCUT2D eigenvalue weighted by Crippen LogP contribution is 2.44. The number of nitrogens with one attached hydrogen (secondary N) is 1. The van der Waals surface area contributed by atoms with Crippen LogP contribution in [-0.4, -0.2) is 15.8 Å². The maximum atomic E-state index is 13.1. The van der Waals surface area contributed by atoms with Gasteiger partial charge in [0.2, 0.25) is 0 Å². The first-order chi connectivity index (χ1) is 16.1. The number of rotatable bonds is 4. The van der Waals surface area contributed by atoms with E-state index in [0.717, 1.165) is 22.7 Å². The van der Waals surface area contributed by atoms with Crippen molar-refractivity contribution in [2.45, 2.75) is 57.3 Å². The van der Waals surface area contributed by atoms with Gasteiger partial charge in [-0.2, -0.15) is 0 Å². The number of benzene rings is 2. The van der Waals surface area contributed by atoms with E-state index in [-0.39, 0.29) is 11.6 Å². The zero-order chi connectivity index (χ0) is 22.8. The van der Waals surface area contributed by atoms with Crippen molar-refractivity contribution in [1.82, 2.24) is 4.98 Å². The topological polar surface area (TPSA) is 85.1 Å². The first-order valence-electron chi connectivity index (χ1n) is 12.0. The van der Waals surface area contributed by atoms with Crippen molar-refractivity contribution in [3.05, 3.63) is 76.0 Å². The molecule has 2 aromatic carbocycles. The predicted molar refractivity (Wildman–Crippen MR) is 129 cm³/mol. The molecular weight excluding hydrogens is 414 g/mol. The zero-order valence-corrected chi connectivity index (χ0v) is 18.7. The van der Waals surface area contributed by atoms with Gasteiger partial charge in [0.15, 0.2) is 0 Å². The molecule has 6 nitrogen and oxygen atoms in total. The lowest BCUT2D eigenvalue weighted by atomic mass is 9.71. The molecule has 6 rings (SSSR count). The van der Waals surface area contributed by atoms with Crippen LogP contribution in [0.1, 0.15) is 73.3 Å². The van der Waals surface area contributed by atoms with Crippen molar-refractivity contribution in [2.75, 3.05) is 5.32 Å². The Morgan fingerprint density at radius 3 is 2.21 bits per heavy atom. The summed E-state index contributed by atoms with van der Waals surface area (Å²) in [5.74, 6) is 1.68. The van der Waals surface area contributed by atoms with Crippen LogP contribution in [0.15, 0.2) is 54.6 Å². The first-order valence-corrected chi connectivity index (χ1v) is 12.0. The molecule has 1 N–H and O–H groups in total. The third-order valence-electron chi connectivity index (χ3n) is 7.44. The summed E-state index contributed by atoms with van der Waals surface area (Å²) in [6, 6.07) is 16.0. The van der Waals surface area contributed by atoms with Crippen molar-refractivity contribution in [3.63, 3.8) is 0 Å². The molecule has 0 radical (unpaired) electrons. The largest absolute Gasteiger partial charge is 0.321 e. The highest BCUT2D eigenvalue weighted by atomic mass is 16.6. The molecule has 1 amide bonds. The molecule has 0 aliphatic heterocycles. The summed E-state index contributed by atoms with van der Waals surface area (Å²) in [5, 5.41) is 14.9. The van der Waals surface area contributed by atoms with E-state index in [0.29, 0.717) is 17.3 Å². The molecule has 0 unspecified atom stereocenters. The number of amides is 1. The van der Waals surface area contributed by atoms with E-state index < -0.39 is 4.92 Å². The second kappa shape index (κ2) is 9.30. The number of anilines is 1. The van der Waals surface area contributed by atoms with Crippen molar-refractivity contribution < 1.29 is 9.72 Å². The maximum Gasteiger partial charge on any atom is 0.274 e. The number of fused-ring (bicyclic) bond motifs is 7. The summed E-state index contributed by atoms with van der Waals surface area (Å²) in [6.07, 6.45) is 10.4. The fourth-order valence-electron chi connectivity index (χ4n) is 5.82. The summed E-state index contributed by atoms with van der Waals surface area (Å²) in [5.41, 5.74) is 3.00. The van der Waals surface area contributed by atoms with Crippen molar-refractivity contribution in [3.8, 4) is 0 Å². The normalized spacial score (nSPS) is 22.8. The summed E-state index contributed by atoms with van der Waals surface area (Å²) in [7, 11) is 0. The van der Waals surface area contributed by atoms with Crippen LogP contribution in [0.5, 0.6) is 0 Å². The minimum atomic E-state index is -0.451. The molecule has 170 valence electrons. The van der Waals surface area contributed by atoms with Gasteiger partial charge in [0.05, 0.1) is 10.4 Å². The third kappa shape index (κ3) is 4.75. The number of hydrogen-bond acceptors (Lipinski definition) is 4. The number of aromatic nitrogens is 1. The van der Waals surface area contributed by atoms with Gasteiger partial charge in [-0.25, -0.2) is 4.98 Å². The van der Waals surface area contributed by atoms with Gasteiger partial charge in [0.25, 0.3) is 11.6 Å². The highest BCUT2D eigenvalue weighted by Gasteiger charge is 2.29. The number of para-hydroxylation sites is 1. The second-order valence-corrected chi connectivity index (χ2v) is 9.63. The van der Waals surface area contributed by atoms with E-state index in [4.69, 9.17) is 0 Å². The van der Waals surface area contributed by atoms with Crippen molar-refractivity contribution in [2.24, 2.45) is 11.8 Å². The van der Waals surface area contributed by atoms with Gasteiger partial charge in [0.1, 0.15) is 5.69 Å². The average molecular weight is 444 g/mol. The van der Waals surface area contributed by atoms with Gasteiger partial charge in [-0.1, -0.05) is 56.7 Å². The Morgan fingerprint density at radius 2 is 1.58 bits per heavy atom. The van der Waals surface area contributed by atoms with Crippen LogP contribution in [0.2, 0.25) is 0 Å². The van der Waals surface area contributed by atoms with Gasteiger partial charge in [-0.3, -0.25) is 14.9 Å². The van der Waals surface area contributed by atoms with E-state index in [9.17, 15) is 14.9 Å². The molecule has 0 atom stereocenters. The molecule has 1 heterocycles. The number of carbonyl (C=O) groups excluding carboxylic acids is 1. The summed E-state index contributed by atoms with van der Waals surface area (Å²) in [4.78, 5) is 28.2. The molecule has 6 heteroatoms. The quantitative estimate of drug-likeness (QED) is 0.352. The molecule has 3 aliphatic carbocycles.